The Labute approximate surface area is 97.2 Å². The maximum atomic E-state index is 11.2. The molecule has 0 bridgehead atoms. The number of aliphatic hydroxyl groups excluding tert-OH is 1. The number of nitrogens with one attached hydrogen (secondary N) is 1. The Morgan fingerprint density at radius 2 is 2.41 bits per heavy atom. The molecule has 0 unspecified atom stereocenters. The molecule has 0 atom stereocenters. The van der Waals surface area contributed by atoms with E-state index in [2.05, 4.69) is 15.0 Å². The molecule has 0 fully saturated rings. The molecule has 6 nitrogen and oxygen atoms in total. The average Bonchev–Trinajstić information content (AvgIpc) is 2.65. The van der Waals surface area contributed by atoms with Gasteiger partial charge in [-0.05, 0) is 18.2 Å². The van der Waals surface area contributed by atoms with Gasteiger partial charge in [0.1, 0.15) is 12.1 Å². The summed E-state index contributed by atoms with van der Waals surface area (Å²) in [5.41, 5.74) is 1.90. The lowest BCUT2D eigenvalue weighted by Gasteiger charge is -2.04. The lowest BCUT2D eigenvalue weighted by molar-refractivity contribution is 0.131. The van der Waals surface area contributed by atoms with E-state index < -0.39 is 6.09 Å². The minimum atomic E-state index is -0.612. The van der Waals surface area contributed by atoms with Gasteiger partial charge in [0.2, 0.25) is 0 Å². The number of anilines is 1. The third-order valence-corrected chi connectivity index (χ3v) is 2.07. The molecule has 0 spiro atoms. The first kappa shape index (κ1) is 11.4. The summed E-state index contributed by atoms with van der Waals surface area (Å²) in [5, 5.41) is 11.0. The second-order valence-electron chi connectivity index (χ2n) is 3.40. The fraction of sp³-hybridized carbons (Fsp3) is 0.273. The number of carbonyl (C=O) groups is 1. The Kier molecular flexibility index (Phi) is 3.24. The van der Waals surface area contributed by atoms with Crippen LogP contribution in [0.15, 0.2) is 22.6 Å². The lowest BCUT2D eigenvalue weighted by Crippen LogP contribution is -2.15. The number of aryl methyl sites for hydroxylation is 1. The Bertz CT molecular complexity index is 535. The van der Waals surface area contributed by atoms with Gasteiger partial charge in [-0.2, -0.15) is 0 Å². The van der Waals surface area contributed by atoms with Crippen LogP contribution in [-0.4, -0.2) is 29.4 Å². The van der Waals surface area contributed by atoms with Crippen molar-refractivity contribution in [1.82, 2.24) is 4.98 Å². The van der Waals surface area contributed by atoms with Gasteiger partial charge in [-0.3, -0.25) is 5.32 Å². The maximum absolute atomic E-state index is 11.2. The predicted octanol–water partition coefficient (Wildman–Crippen LogP) is 1.68. The first-order valence-corrected chi connectivity index (χ1v) is 5.11. The number of rotatable bonds is 3. The van der Waals surface area contributed by atoms with E-state index in [1.54, 1.807) is 25.1 Å². The number of aromatic nitrogens is 1. The van der Waals surface area contributed by atoms with Crippen molar-refractivity contribution < 1.29 is 19.1 Å². The van der Waals surface area contributed by atoms with Crippen molar-refractivity contribution in [2.24, 2.45) is 0 Å². The normalized spacial score (nSPS) is 10.5. The van der Waals surface area contributed by atoms with Crippen molar-refractivity contribution in [2.45, 2.75) is 6.92 Å². The van der Waals surface area contributed by atoms with Gasteiger partial charge in [-0.15, -0.1) is 0 Å². The summed E-state index contributed by atoms with van der Waals surface area (Å²) in [6.45, 7) is 1.52. The number of hydrogen-bond acceptors (Lipinski definition) is 5. The number of carbonyl (C=O) groups excluding carboxylic acids is 1. The minimum absolute atomic E-state index is 0.0306. The summed E-state index contributed by atoms with van der Waals surface area (Å²) in [6, 6.07) is 5.09. The fourth-order valence-electron chi connectivity index (χ4n) is 1.41. The number of oxazole rings is 1. The number of hydrogen-bond donors (Lipinski definition) is 2. The van der Waals surface area contributed by atoms with Gasteiger partial charge in [-0.25, -0.2) is 9.78 Å². The summed E-state index contributed by atoms with van der Waals surface area (Å²) in [5.74, 6) is 0.569. The molecule has 0 saturated carbocycles. The van der Waals surface area contributed by atoms with E-state index in [-0.39, 0.29) is 13.2 Å². The van der Waals surface area contributed by atoms with Crippen molar-refractivity contribution >= 4 is 22.9 Å². The SMILES string of the molecule is Cc1nc2cc(NC(=O)OCCO)ccc2o1. The van der Waals surface area contributed by atoms with Crippen LogP contribution in [0.5, 0.6) is 0 Å². The monoisotopic (exact) mass is 236 g/mol. The van der Waals surface area contributed by atoms with Gasteiger partial charge in [0.25, 0.3) is 0 Å². The van der Waals surface area contributed by atoms with Crippen molar-refractivity contribution in [1.29, 1.82) is 0 Å². The molecule has 0 aliphatic carbocycles. The molecular weight excluding hydrogens is 224 g/mol. The van der Waals surface area contributed by atoms with Crippen LogP contribution in [-0.2, 0) is 4.74 Å². The van der Waals surface area contributed by atoms with Crippen LogP contribution >= 0.6 is 0 Å². The van der Waals surface area contributed by atoms with E-state index in [1.807, 2.05) is 0 Å². The quantitative estimate of drug-likeness (QED) is 0.846. The molecule has 1 aromatic carbocycles. The highest BCUT2D eigenvalue weighted by Gasteiger charge is 2.06. The molecule has 2 rings (SSSR count). The number of aliphatic hydroxyl groups is 1. The van der Waals surface area contributed by atoms with Crippen molar-refractivity contribution in [3.8, 4) is 0 Å². The highest BCUT2D eigenvalue weighted by Crippen LogP contribution is 2.19. The molecular formula is C11H12N2O4. The summed E-state index contributed by atoms with van der Waals surface area (Å²) in [6.07, 6.45) is -0.612. The molecule has 90 valence electrons. The molecule has 6 heteroatoms. The van der Waals surface area contributed by atoms with Crippen LogP contribution in [0.1, 0.15) is 5.89 Å². The molecule has 1 heterocycles. The highest BCUT2D eigenvalue weighted by atomic mass is 16.6. The number of benzene rings is 1. The first-order chi connectivity index (χ1) is 8.19. The third-order valence-electron chi connectivity index (χ3n) is 2.07. The number of fused-ring (bicyclic) bond motifs is 1. The summed E-state index contributed by atoms with van der Waals surface area (Å²) in [4.78, 5) is 15.4. The summed E-state index contributed by atoms with van der Waals surface area (Å²) in [7, 11) is 0. The van der Waals surface area contributed by atoms with E-state index in [1.165, 1.54) is 0 Å². The topological polar surface area (TPSA) is 84.6 Å². The van der Waals surface area contributed by atoms with Crippen molar-refractivity contribution in [3.05, 3.63) is 24.1 Å². The molecule has 0 aliphatic rings. The summed E-state index contributed by atoms with van der Waals surface area (Å²) < 4.78 is 9.97. The van der Waals surface area contributed by atoms with E-state index in [0.717, 1.165) is 0 Å². The fourth-order valence-corrected chi connectivity index (χ4v) is 1.41. The lowest BCUT2D eigenvalue weighted by atomic mass is 10.3. The second kappa shape index (κ2) is 4.84. The Morgan fingerprint density at radius 1 is 1.59 bits per heavy atom. The van der Waals surface area contributed by atoms with Gasteiger partial charge in [0.05, 0.1) is 6.61 Å². The zero-order valence-electron chi connectivity index (χ0n) is 9.27. The first-order valence-electron chi connectivity index (χ1n) is 5.11. The van der Waals surface area contributed by atoms with Gasteiger partial charge >= 0.3 is 6.09 Å². The average molecular weight is 236 g/mol. The van der Waals surface area contributed by atoms with Gasteiger partial charge in [-0.1, -0.05) is 0 Å². The zero-order chi connectivity index (χ0) is 12.3. The molecule has 1 amide bonds. The predicted molar refractivity (Wildman–Crippen MR) is 60.8 cm³/mol. The standard InChI is InChI=1S/C11H12N2O4/c1-7-12-9-6-8(2-3-10(9)17-7)13-11(15)16-5-4-14/h2-3,6,14H,4-5H2,1H3,(H,13,15). The smallest absolute Gasteiger partial charge is 0.411 e. The molecule has 1 aromatic heterocycles. The Hall–Kier alpha value is -2.08. The molecule has 2 aromatic rings. The maximum Gasteiger partial charge on any atom is 0.411 e. The largest absolute Gasteiger partial charge is 0.447 e. The summed E-state index contributed by atoms with van der Waals surface area (Å²) >= 11 is 0. The van der Waals surface area contributed by atoms with Gasteiger partial charge in [0.15, 0.2) is 11.5 Å². The number of amides is 1. The second-order valence-corrected chi connectivity index (χ2v) is 3.40. The van der Waals surface area contributed by atoms with E-state index >= 15 is 0 Å². The van der Waals surface area contributed by atoms with Gasteiger partial charge < -0.3 is 14.3 Å². The van der Waals surface area contributed by atoms with E-state index in [9.17, 15) is 4.79 Å². The van der Waals surface area contributed by atoms with Crippen LogP contribution in [0, 0.1) is 6.92 Å². The van der Waals surface area contributed by atoms with Crippen molar-refractivity contribution in [2.75, 3.05) is 18.5 Å². The number of ether oxygens (including phenoxy) is 1. The highest BCUT2D eigenvalue weighted by molar-refractivity contribution is 5.88. The molecule has 17 heavy (non-hydrogen) atoms. The van der Waals surface area contributed by atoms with E-state index in [4.69, 9.17) is 9.52 Å². The Morgan fingerprint density at radius 3 is 3.18 bits per heavy atom. The van der Waals surface area contributed by atoms with Crippen LogP contribution in [0.3, 0.4) is 0 Å². The molecule has 0 saturated heterocycles. The zero-order valence-corrected chi connectivity index (χ0v) is 9.27. The minimum Gasteiger partial charge on any atom is -0.447 e. The van der Waals surface area contributed by atoms with Crippen LogP contribution < -0.4 is 5.32 Å². The third kappa shape index (κ3) is 2.73. The number of nitrogens with zero attached hydrogens (tertiary/aromatic N) is 1. The Balaban J connectivity index is 2.10. The van der Waals surface area contributed by atoms with E-state index in [0.29, 0.717) is 22.7 Å². The van der Waals surface area contributed by atoms with Crippen molar-refractivity contribution in [3.63, 3.8) is 0 Å². The molecule has 0 aliphatic heterocycles. The van der Waals surface area contributed by atoms with Crippen LogP contribution in [0.2, 0.25) is 0 Å². The van der Waals surface area contributed by atoms with Gasteiger partial charge in [0, 0.05) is 12.6 Å². The molecule has 0 radical (unpaired) electrons. The van der Waals surface area contributed by atoms with Crippen LogP contribution in [0.4, 0.5) is 10.5 Å². The van der Waals surface area contributed by atoms with Crippen LogP contribution in [0.25, 0.3) is 11.1 Å². The molecule has 2 N–H and O–H groups in total.